The average molecular weight is 258 g/mol. The molecule has 0 atom stereocenters. The molecule has 1 aromatic heterocycles. The molecule has 1 amide bonds. The molecule has 0 radical (unpaired) electrons. The Kier molecular flexibility index (Phi) is 4.41. The number of carbonyl (C=O) groups is 1. The molecule has 0 spiro atoms. The summed E-state index contributed by atoms with van der Waals surface area (Å²) in [4.78, 5) is 14.7. The third kappa shape index (κ3) is 3.40. The molecule has 0 unspecified atom stereocenters. The Balaban J connectivity index is 2.93. The molecule has 0 saturated carbocycles. The first-order chi connectivity index (χ1) is 8.01. The summed E-state index contributed by atoms with van der Waals surface area (Å²) in [5.41, 5.74) is 0.421. The van der Waals surface area contributed by atoms with Gasteiger partial charge >= 0.3 is 0 Å². The zero-order valence-electron chi connectivity index (χ0n) is 9.52. The van der Waals surface area contributed by atoms with E-state index >= 15 is 0 Å². The number of aromatic nitrogens is 1. The van der Waals surface area contributed by atoms with Crippen LogP contribution in [0, 0.1) is 0 Å². The summed E-state index contributed by atoms with van der Waals surface area (Å²) >= 11 is 0. The number of carbonyl (C=O) groups excluding carboxylic acids is 1. The van der Waals surface area contributed by atoms with Crippen molar-refractivity contribution in [1.82, 2.24) is 15.0 Å². The van der Waals surface area contributed by atoms with Crippen LogP contribution in [0.1, 0.15) is 0 Å². The van der Waals surface area contributed by atoms with Gasteiger partial charge in [-0.2, -0.15) is 0 Å². The number of nitrogens with one attached hydrogen (secondary N) is 3. The summed E-state index contributed by atoms with van der Waals surface area (Å²) < 4.78 is 25.9. The Hall–Kier alpha value is -1.67. The van der Waals surface area contributed by atoms with Crippen molar-refractivity contribution in [3.05, 3.63) is 18.5 Å². The van der Waals surface area contributed by atoms with E-state index in [0.717, 1.165) is 0 Å². The predicted molar refractivity (Wildman–Crippen MR) is 63.0 cm³/mol. The fourth-order valence-corrected chi connectivity index (χ4v) is 2.26. The van der Waals surface area contributed by atoms with Gasteiger partial charge in [0.05, 0.1) is 12.2 Å². The van der Waals surface area contributed by atoms with E-state index in [2.05, 4.69) is 20.3 Å². The average Bonchev–Trinajstić information content (AvgIpc) is 2.35. The number of anilines is 1. The highest BCUT2D eigenvalue weighted by molar-refractivity contribution is 7.89. The van der Waals surface area contributed by atoms with E-state index in [1.807, 2.05) is 0 Å². The van der Waals surface area contributed by atoms with Gasteiger partial charge in [0.2, 0.25) is 15.9 Å². The lowest BCUT2D eigenvalue weighted by Gasteiger charge is -2.09. The van der Waals surface area contributed by atoms with Crippen molar-refractivity contribution in [2.75, 3.05) is 26.0 Å². The lowest BCUT2D eigenvalue weighted by atomic mass is 10.4. The van der Waals surface area contributed by atoms with Crippen LogP contribution in [0.4, 0.5) is 5.69 Å². The Morgan fingerprint density at radius 1 is 1.41 bits per heavy atom. The maximum absolute atomic E-state index is 11.9. The van der Waals surface area contributed by atoms with E-state index < -0.39 is 15.9 Å². The molecule has 1 aromatic rings. The summed E-state index contributed by atoms with van der Waals surface area (Å²) in [6, 6.07) is 1.54. The van der Waals surface area contributed by atoms with Gasteiger partial charge in [0.15, 0.2) is 0 Å². The normalized spacial score (nSPS) is 10.9. The summed E-state index contributed by atoms with van der Waals surface area (Å²) in [5, 5.41) is 5.06. The Bertz CT molecular complexity index is 501. The quantitative estimate of drug-likeness (QED) is 0.638. The minimum Gasteiger partial charge on any atom is -0.387 e. The van der Waals surface area contributed by atoms with Crippen molar-refractivity contribution in [2.45, 2.75) is 4.90 Å². The fraction of sp³-hybridized carbons (Fsp3) is 0.333. The van der Waals surface area contributed by atoms with Crippen LogP contribution in [0.15, 0.2) is 23.4 Å². The molecule has 94 valence electrons. The fourth-order valence-electron chi connectivity index (χ4n) is 1.13. The first kappa shape index (κ1) is 13.4. The third-order valence-corrected chi connectivity index (χ3v) is 3.47. The van der Waals surface area contributed by atoms with Gasteiger partial charge in [-0.25, -0.2) is 13.1 Å². The Labute approximate surface area is 99.7 Å². The van der Waals surface area contributed by atoms with Crippen molar-refractivity contribution >= 4 is 21.6 Å². The molecule has 1 heterocycles. The van der Waals surface area contributed by atoms with Crippen LogP contribution in [-0.4, -0.2) is 39.9 Å². The van der Waals surface area contributed by atoms with Crippen molar-refractivity contribution in [1.29, 1.82) is 0 Å². The van der Waals surface area contributed by atoms with E-state index in [9.17, 15) is 13.2 Å². The third-order valence-electron chi connectivity index (χ3n) is 2.04. The molecule has 0 aliphatic rings. The molecule has 1 rings (SSSR count). The maximum atomic E-state index is 11.9. The summed E-state index contributed by atoms with van der Waals surface area (Å²) in [5.74, 6) is -0.413. The maximum Gasteiger partial charge on any atom is 0.244 e. The Morgan fingerprint density at radius 3 is 2.71 bits per heavy atom. The van der Waals surface area contributed by atoms with Crippen LogP contribution >= 0.6 is 0 Å². The smallest absolute Gasteiger partial charge is 0.244 e. The molecule has 0 fully saturated rings. The number of pyridine rings is 1. The number of rotatable bonds is 5. The van der Waals surface area contributed by atoms with Gasteiger partial charge in [0.1, 0.15) is 4.90 Å². The molecule has 17 heavy (non-hydrogen) atoms. The van der Waals surface area contributed by atoms with Gasteiger partial charge in [-0.3, -0.25) is 9.78 Å². The molecule has 0 aliphatic heterocycles. The molecule has 0 bridgehead atoms. The van der Waals surface area contributed by atoms with Crippen molar-refractivity contribution < 1.29 is 13.2 Å². The van der Waals surface area contributed by atoms with Crippen LogP contribution in [0.5, 0.6) is 0 Å². The van der Waals surface area contributed by atoms with E-state index in [4.69, 9.17) is 0 Å². The number of amides is 1. The molecule has 0 saturated heterocycles. The summed E-state index contributed by atoms with van der Waals surface area (Å²) in [6.07, 6.45) is 2.70. The second-order valence-corrected chi connectivity index (χ2v) is 4.85. The van der Waals surface area contributed by atoms with E-state index in [1.165, 1.54) is 25.5 Å². The topological polar surface area (TPSA) is 100 Å². The van der Waals surface area contributed by atoms with Gasteiger partial charge in [0.25, 0.3) is 0 Å². The first-order valence-electron chi connectivity index (χ1n) is 4.83. The zero-order valence-corrected chi connectivity index (χ0v) is 10.3. The molecule has 0 aliphatic carbocycles. The molecule has 0 aromatic carbocycles. The zero-order chi connectivity index (χ0) is 12.9. The lowest BCUT2D eigenvalue weighted by molar-refractivity contribution is -0.119. The van der Waals surface area contributed by atoms with Crippen LogP contribution in [0.3, 0.4) is 0 Å². The van der Waals surface area contributed by atoms with Crippen molar-refractivity contribution in [3.63, 3.8) is 0 Å². The summed E-state index contributed by atoms with van der Waals surface area (Å²) in [7, 11) is -0.709. The van der Waals surface area contributed by atoms with Crippen LogP contribution in [0.25, 0.3) is 0 Å². The highest BCUT2D eigenvalue weighted by Gasteiger charge is 2.18. The number of hydrogen-bond acceptors (Lipinski definition) is 5. The van der Waals surface area contributed by atoms with Crippen LogP contribution < -0.4 is 15.4 Å². The van der Waals surface area contributed by atoms with Gasteiger partial charge in [-0.05, 0) is 6.07 Å². The van der Waals surface area contributed by atoms with Crippen molar-refractivity contribution in [2.24, 2.45) is 0 Å². The predicted octanol–water partition coefficient (Wildman–Crippen LogP) is -0.852. The van der Waals surface area contributed by atoms with Gasteiger partial charge < -0.3 is 10.6 Å². The molecule has 3 N–H and O–H groups in total. The van der Waals surface area contributed by atoms with Gasteiger partial charge in [0, 0.05) is 26.5 Å². The second kappa shape index (κ2) is 5.60. The van der Waals surface area contributed by atoms with E-state index in [1.54, 1.807) is 7.05 Å². The standard InChI is InChI=1S/C9H14N4O3S/c1-10-7-3-4-12-5-8(7)17(15,16)13-6-9(14)11-2/h3-5,13H,6H2,1-2H3,(H,10,12)(H,11,14). The van der Waals surface area contributed by atoms with Gasteiger partial charge in [-0.1, -0.05) is 0 Å². The number of likely N-dealkylation sites (N-methyl/N-ethyl adjacent to an activating group) is 1. The monoisotopic (exact) mass is 258 g/mol. The van der Waals surface area contributed by atoms with Gasteiger partial charge in [-0.15, -0.1) is 0 Å². The summed E-state index contributed by atoms with van der Waals surface area (Å²) in [6.45, 7) is -0.309. The van der Waals surface area contributed by atoms with Crippen LogP contribution in [-0.2, 0) is 14.8 Å². The highest BCUT2D eigenvalue weighted by Crippen LogP contribution is 2.18. The molecule has 8 heteroatoms. The largest absolute Gasteiger partial charge is 0.387 e. The van der Waals surface area contributed by atoms with E-state index in [-0.39, 0.29) is 11.4 Å². The number of nitrogens with zero attached hydrogens (tertiary/aromatic N) is 1. The lowest BCUT2D eigenvalue weighted by Crippen LogP contribution is -2.35. The number of sulfonamides is 1. The molecule has 7 nitrogen and oxygen atoms in total. The SMILES string of the molecule is CNC(=O)CNS(=O)(=O)c1cnccc1NC. The first-order valence-corrected chi connectivity index (χ1v) is 6.31. The minimum atomic E-state index is -3.74. The van der Waals surface area contributed by atoms with Crippen molar-refractivity contribution in [3.8, 4) is 0 Å². The van der Waals surface area contributed by atoms with Crippen LogP contribution in [0.2, 0.25) is 0 Å². The highest BCUT2D eigenvalue weighted by atomic mass is 32.2. The van der Waals surface area contributed by atoms with E-state index in [0.29, 0.717) is 5.69 Å². The molecular formula is C9H14N4O3S. The Morgan fingerprint density at radius 2 is 2.12 bits per heavy atom. The second-order valence-electron chi connectivity index (χ2n) is 3.12. The molecular weight excluding hydrogens is 244 g/mol. The number of hydrogen-bond donors (Lipinski definition) is 3. The minimum absolute atomic E-state index is 0.00593.